The second-order valence-corrected chi connectivity index (χ2v) is 4.12. The normalized spacial score (nSPS) is 24.5. The van der Waals surface area contributed by atoms with Gasteiger partial charge in [0.25, 0.3) is 0 Å². The van der Waals surface area contributed by atoms with Gasteiger partial charge < -0.3 is 20.8 Å². The quantitative estimate of drug-likeness (QED) is 0.655. The number of fused-ring (bicyclic) bond motifs is 1. The van der Waals surface area contributed by atoms with Crippen LogP contribution in [0, 0.1) is 0 Å². The molecule has 0 amide bonds. The van der Waals surface area contributed by atoms with Crippen molar-refractivity contribution >= 4 is 17.0 Å². The molecule has 4 N–H and O–H groups in total. The number of ether oxygens (including phenoxy) is 1. The molecule has 0 saturated carbocycles. The maximum Gasteiger partial charge on any atom is 0.183 e. The Kier molecular flexibility index (Phi) is 2.41. The van der Waals surface area contributed by atoms with E-state index >= 15 is 0 Å². The molecular weight excluding hydrogens is 220 g/mol. The fourth-order valence-electron chi connectivity index (χ4n) is 2.15. The minimum absolute atomic E-state index is 0.202. The lowest BCUT2D eigenvalue weighted by Crippen LogP contribution is -2.31. The number of H-pyrrole nitrogens is 1. The van der Waals surface area contributed by atoms with Gasteiger partial charge in [-0.25, -0.2) is 15.0 Å². The molecule has 7 nitrogen and oxygen atoms in total. The summed E-state index contributed by atoms with van der Waals surface area (Å²) in [6, 6.07) is 0.268. The van der Waals surface area contributed by atoms with Crippen LogP contribution in [0.5, 0.6) is 0 Å². The monoisotopic (exact) mass is 234 g/mol. The van der Waals surface area contributed by atoms with Gasteiger partial charge in [0.15, 0.2) is 11.5 Å². The molecule has 0 aliphatic carbocycles. The van der Waals surface area contributed by atoms with Crippen LogP contribution < -0.4 is 11.1 Å². The molecule has 0 aromatic carbocycles. The van der Waals surface area contributed by atoms with E-state index in [-0.39, 0.29) is 12.0 Å². The third-order valence-corrected chi connectivity index (χ3v) is 3.14. The van der Waals surface area contributed by atoms with E-state index in [0.717, 1.165) is 5.82 Å². The van der Waals surface area contributed by atoms with Crippen LogP contribution >= 0.6 is 0 Å². The molecule has 1 aliphatic rings. The van der Waals surface area contributed by atoms with Gasteiger partial charge in [-0.3, -0.25) is 0 Å². The van der Waals surface area contributed by atoms with Crippen molar-refractivity contribution in [2.45, 2.75) is 12.0 Å². The first-order valence-corrected chi connectivity index (χ1v) is 5.50. The Morgan fingerprint density at radius 2 is 2.35 bits per heavy atom. The molecule has 17 heavy (non-hydrogen) atoms. The smallest absolute Gasteiger partial charge is 0.183 e. The summed E-state index contributed by atoms with van der Waals surface area (Å²) in [6.07, 6.45) is 1.42. The van der Waals surface area contributed by atoms with Gasteiger partial charge in [-0.1, -0.05) is 0 Å². The van der Waals surface area contributed by atoms with Gasteiger partial charge in [0.2, 0.25) is 0 Å². The first-order valence-electron chi connectivity index (χ1n) is 5.50. The first-order chi connectivity index (χ1) is 8.29. The second-order valence-electron chi connectivity index (χ2n) is 4.12. The van der Waals surface area contributed by atoms with Crippen LogP contribution in [0.15, 0.2) is 6.33 Å². The van der Waals surface area contributed by atoms with Crippen molar-refractivity contribution in [1.82, 2.24) is 25.3 Å². The van der Waals surface area contributed by atoms with Gasteiger partial charge in [-0.05, 0) is 7.05 Å². The molecule has 1 fully saturated rings. The van der Waals surface area contributed by atoms with Gasteiger partial charge in [0.1, 0.15) is 17.7 Å². The fourth-order valence-corrected chi connectivity index (χ4v) is 2.15. The highest BCUT2D eigenvalue weighted by Gasteiger charge is 2.31. The maximum atomic E-state index is 5.77. The maximum absolute atomic E-state index is 5.77. The summed E-state index contributed by atoms with van der Waals surface area (Å²) >= 11 is 0. The molecule has 0 radical (unpaired) electrons. The van der Waals surface area contributed by atoms with Crippen molar-refractivity contribution in [3.8, 4) is 0 Å². The van der Waals surface area contributed by atoms with E-state index in [9.17, 15) is 0 Å². The molecule has 3 heterocycles. The van der Waals surface area contributed by atoms with E-state index in [1.54, 1.807) is 0 Å². The van der Waals surface area contributed by atoms with Crippen LogP contribution in [-0.4, -0.2) is 46.2 Å². The number of hydrogen-bond donors (Lipinski definition) is 3. The zero-order valence-electron chi connectivity index (χ0n) is 9.47. The zero-order valence-corrected chi connectivity index (χ0v) is 9.47. The summed E-state index contributed by atoms with van der Waals surface area (Å²) < 4.78 is 5.45. The number of rotatable bonds is 2. The number of likely N-dealkylation sites (N-methyl/N-ethyl adjacent to an activating group) is 1. The topological polar surface area (TPSA) is 102 Å². The van der Waals surface area contributed by atoms with Gasteiger partial charge in [-0.15, -0.1) is 0 Å². The summed E-state index contributed by atoms with van der Waals surface area (Å²) in [5.41, 5.74) is 7.07. The molecule has 7 heteroatoms. The van der Waals surface area contributed by atoms with Crippen LogP contribution in [0.2, 0.25) is 0 Å². The zero-order chi connectivity index (χ0) is 11.8. The van der Waals surface area contributed by atoms with E-state index in [4.69, 9.17) is 10.5 Å². The molecule has 90 valence electrons. The molecule has 0 bridgehead atoms. The molecule has 1 aliphatic heterocycles. The van der Waals surface area contributed by atoms with Crippen molar-refractivity contribution in [3.63, 3.8) is 0 Å². The Labute approximate surface area is 97.8 Å². The molecule has 1 saturated heterocycles. The Hall–Kier alpha value is -1.73. The van der Waals surface area contributed by atoms with Crippen molar-refractivity contribution in [2.75, 3.05) is 26.0 Å². The van der Waals surface area contributed by atoms with E-state index < -0.39 is 0 Å². The van der Waals surface area contributed by atoms with E-state index in [0.29, 0.717) is 30.2 Å². The highest BCUT2D eigenvalue weighted by atomic mass is 16.5. The SMILES string of the molecule is CNC1COCC1c1nc2ncnc(N)c2[nH]1. The molecule has 2 unspecified atom stereocenters. The van der Waals surface area contributed by atoms with Crippen molar-refractivity contribution < 1.29 is 4.74 Å². The number of aromatic amines is 1. The standard InChI is InChI=1S/C10H14N6O/c1-12-6-3-17-2-5(6)9-15-7-8(11)13-4-14-10(7)16-9/h4-6,12H,2-3H2,1H3,(H3,11,13,14,15,16). The number of imidazole rings is 1. The number of aromatic nitrogens is 4. The molecule has 0 spiro atoms. The van der Waals surface area contributed by atoms with Crippen LogP contribution in [0.3, 0.4) is 0 Å². The number of nitrogens with two attached hydrogens (primary N) is 1. The number of hydrogen-bond acceptors (Lipinski definition) is 6. The Morgan fingerprint density at radius 3 is 3.12 bits per heavy atom. The Balaban J connectivity index is 2.03. The number of nitrogens with zero attached hydrogens (tertiary/aromatic N) is 3. The molecule has 2 atom stereocenters. The third kappa shape index (κ3) is 1.63. The number of nitrogen functional groups attached to an aromatic ring is 1. The summed E-state index contributed by atoms with van der Waals surface area (Å²) in [6.45, 7) is 1.35. The van der Waals surface area contributed by atoms with Crippen LogP contribution in [0.4, 0.5) is 5.82 Å². The Bertz CT molecular complexity index is 539. The van der Waals surface area contributed by atoms with Crippen LogP contribution in [0.25, 0.3) is 11.2 Å². The average Bonchev–Trinajstić information content (AvgIpc) is 2.94. The summed E-state index contributed by atoms with van der Waals surface area (Å²) in [5.74, 6) is 1.48. The van der Waals surface area contributed by atoms with Gasteiger partial charge in [0.05, 0.1) is 19.1 Å². The number of nitrogens with one attached hydrogen (secondary N) is 2. The van der Waals surface area contributed by atoms with E-state index in [1.165, 1.54) is 6.33 Å². The van der Waals surface area contributed by atoms with Gasteiger partial charge in [-0.2, -0.15) is 0 Å². The lowest BCUT2D eigenvalue weighted by Gasteiger charge is -2.13. The summed E-state index contributed by atoms with van der Waals surface area (Å²) in [5, 5.41) is 3.22. The van der Waals surface area contributed by atoms with Crippen molar-refractivity contribution in [2.24, 2.45) is 0 Å². The van der Waals surface area contributed by atoms with Crippen molar-refractivity contribution in [3.05, 3.63) is 12.2 Å². The average molecular weight is 234 g/mol. The lowest BCUT2D eigenvalue weighted by atomic mass is 10.0. The second kappa shape index (κ2) is 3.94. The van der Waals surface area contributed by atoms with E-state index in [1.807, 2.05) is 7.05 Å². The summed E-state index contributed by atoms with van der Waals surface area (Å²) in [7, 11) is 1.92. The lowest BCUT2D eigenvalue weighted by molar-refractivity contribution is 0.188. The largest absolute Gasteiger partial charge is 0.382 e. The molecule has 2 aromatic rings. The molecular formula is C10H14N6O. The number of anilines is 1. The minimum Gasteiger partial charge on any atom is -0.382 e. The molecule has 2 aromatic heterocycles. The Morgan fingerprint density at radius 1 is 1.47 bits per heavy atom. The molecule has 3 rings (SSSR count). The minimum atomic E-state index is 0.202. The van der Waals surface area contributed by atoms with Gasteiger partial charge >= 0.3 is 0 Å². The highest BCUT2D eigenvalue weighted by molar-refractivity contribution is 5.81. The van der Waals surface area contributed by atoms with E-state index in [2.05, 4.69) is 25.3 Å². The van der Waals surface area contributed by atoms with Gasteiger partial charge in [0, 0.05) is 6.04 Å². The predicted molar refractivity (Wildman–Crippen MR) is 62.5 cm³/mol. The van der Waals surface area contributed by atoms with Crippen LogP contribution in [-0.2, 0) is 4.74 Å². The highest BCUT2D eigenvalue weighted by Crippen LogP contribution is 2.25. The first kappa shape index (κ1) is 10.4. The predicted octanol–water partition coefficient (Wildman–Crippen LogP) is -0.363. The van der Waals surface area contributed by atoms with Crippen molar-refractivity contribution in [1.29, 1.82) is 0 Å². The third-order valence-electron chi connectivity index (χ3n) is 3.14. The van der Waals surface area contributed by atoms with Crippen LogP contribution in [0.1, 0.15) is 11.7 Å². The fraction of sp³-hybridized carbons (Fsp3) is 0.500. The summed E-state index contributed by atoms with van der Waals surface area (Å²) in [4.78, 5) is 15.7.